The lowest BCUT2D eigenvalue weighted by atomic mass is 9.95. The molecule has 2 aromatic heterocycles. The molecule has 0 bridgehead atoms. The topological polar surface area (TPSA) is 86.9 Å². The third-order valence-corrected chi connectivity index (χ3v) is 9.03. The summed E-state index contributed by atoms with van der Waals surface area (Å²) in [7, 11) is 0. The predicted molar refractivity (Wildman–Crippen MR) is 168 cm³/mol. The Labute approximate surface area is 253 Å². The maximum absolute atomic E-state index is 13.7. The predicted octanol–water partition coefficient (Wildman–Crippen LogP) is 8.45. The van der Waals surface area contributed by atoms with E-state index in [9.17, 15) is 14.9 Å². The van der Waals surface area contributed by atoms with Gasteiger partial charge in [0.1, 0.15) is 16.6 Å². The summed E-state index contributed by atoms with van der Waals surface area (Å²) in [5.41, 5.74) is 6.41. The fraction of sp³-hybridized carbons (Fsp3) is 0.219. The molecule has 2 heterocycles. The summed E-state index contributed by atoms with van der Waals surface area (Å²) in [6.07, 6.45) is 5.52. The second-order valence-corrected chi connectivity index (χ2v) is 12.0. The van der Waals surface area contributed by atoms with Crippen molar-refractivity contribution in [2.45, 2.75) is 46.5 Å². The van der Waals surface area contributed by atoms with Crippen molar-refractivity contribution in [2.24, 2.45) is 0 Å². The van der Waals surface area contributed by atoms with Crippen LogP contribution in [0.5, 0.6) is 0 Å². The zero-order valence-electron chi connectivity index (χ0n) is 22.9. The molecular formula is C32H28Cl2N4O2S. The highest BCUT2D eigenvalue weighted by molar-refractivity contribution is 7.15. The number of benzene rings is 2. The quantitative estimate of drug-likeness (QED) is 0.171. The van der Waals surface area contributed by atoms with Crippen LogP contribution in [0.2, 0.25) is 10.0 Å². The Hall–Kier alpha value is -3.83. The average Bonchev–Trinajstić information content (AvgIpc) is 3.45. The first-order valence-electron chi connectivity index (χ1n) is 13.3. The highest BCUT2D eigenvalue weighted by Crippen LogP contribution is 2.39. The Balaban J connectivity index is 1.52. The highest BCUT2D eigenvalue weighted by atomic mass is 35.5. The molecular weight excluding hydrogens is 575 g/mol. The average molecular weight is 604 g/mol. The number of carbonyl (C=O) groups is 2. The Bertz CT molecular complexity index is 1740. The van der Waals surface area contributed by atoms with Gasteiger partial charge in [-0.2, -0.15) is 5.26 Å². The summed E-state index contributed by atoms with van der Waals surface area (Å²) in [5, 5.41) is 17.2. The zero-order chi connectivity index (χ0) is 29.3. The van der Waals surface area contributed by atoms with Crippen LogP contribution >= 0.6 is 34.5 Å². The van der Waals surface area contributed by atoms with Crippen molar-refractivity contribution in [3.8, 4) is 11.1 Å². The second kappa shape index (κ2) is 12.0. The smallest absolute Gasteiger partial charge is 0.266 e. The maximum atomic E-state index is 13.7. The number of aromatic nitrogens is 1. The summed E-state index contributed by atoms with van der Waals surface area (Å²) in [5.74, 6) is -0.712. The van der Waals surface area contributed by atoms with Gasteiger partial charge in [0, 0.05) is 27.0 Å². The minimum absolute atomic E-state index is 0.0703. The van der Waals surface area contributed by atoms with Crippen LogP contribution in [0.15, 0.2) is 54.1 Å². The van der Waals surface area contributed by atoms with E-state index < -0.39 is 5.91 Å². The molecule has 0 fully saturated rings. The van der Waals surface area contributed by atoms with E-state index in [-0.39, 0.29) is 16.5 Å². The number of aryl methyl sites for hydroxylation is 3. The van der Waals surface area contributed by atoms with Crippen molar-refractivity contribution < 1.29 is 9.59 Å². The summed E-state index contributed by atoms with van der Waals surface area (Å²) in [6, 6.07) is 16.4. The number of nitrogens with one attached hydrogen (secondary N) is 2. The number of carbonyl (C=O) groups excluding carboxylic acids is 2. The van der Waals surface area contributed by atoms with E-state index in [0.29, 0.717) is 21.8 Å². The van der Waals surface area contributed by atoms with Gasteiger partial charge in [-0.1, -0.05) is 40.9 Å². The van der Waals surface area contributed by atoms with Gasteiger partial charge in [0.15, 0.2) is 0 Å². The third kappa shape index (κ3) is 5.96. The van der Waals surface area contributed by atoms with E-state index >= 15 is 0 Å². The van der Waals surface area contributed by atoms with Crippen LogP contribution in [0.3, 0.4) is 0 Å². The lowest BCUT2D eigenvalue weighted by Crippen LogP contribution is -2.17. The summed E-state index contributed by atoms with van der Waals surface area (Å²) >= 11 is 13.8. The molecule has 0 radical (unpaired) electrons. The van der Waals surface area contributed by atoms with Gasteiger partial charge in [0.05, 0.1) is 16.3 Å². The molecule has 0 aliphatic heterocycles. The molecule has 2 aromatic carbocycles. The van der Waals surface area contributed by atoms with E-state index in [1.165, 1.54) is 10.9 Å². The molecule has 2 amide bonds. The van der Waals surface area contributed by atoms with Gasteiger partial charge >= 0.3 is 0 Å². The molecule has 1 aliphatic carbocycles. The normalized spacial score (nSPS) is 12.9. The molecule has 9 heteroatoms. The van der Waals surface area contributed by atoms with Crippen molar-refractivity contribution >= 4 is 63.8 Å². The molecule has 0 atom stereocenters. The van der Waals surface area contributed by atoms with Gasteiger partial charge in [-0.3, -0.25) is 9.59 Å². The molecule has 0 saturated heterocycles. The van der Waals surface area contributed by atoms with Gasteiger partial charge in [-0.05, 0) is 100 Å². The first kappa shape index (κ1) is 28.7. The van der Waals surface area contributed by atoms with Gasteiger partial charge in [0.2, 0.25) is 0 Å². The van der Waals surface area contributed by atoms with Crippen molar-refractivity contribution in [3.05, 3.63) is 103 Å². The van der Waals surface area contributed by atoms with Gasteiger partial charge in [-0.25, -0.2) is 0 Å². The van der Waals surface area contributed by atoms with Gasteiger partial charge in [0.25, 0.3) is 11.8 Å². The monoisotopic (exact) mass is 602 g/mol. The van der Waals surface area contributed by atoms with Gasteiger partial charge < -0.3 is 15.2 Å². The summed E-state index contributed by atoms with van der Waals surface area (Å²) < 4.78 is 2.06. The number of nitriles is 1. The first-order valence-corrected chi connectivity index (χ1v) is 14.8. The highest BCUT2D eigenvalue weighted by Gasteiger charge is 2.28. The fourth-order valence-corrected chi connectivity index (χ4v) is 7.06. The molecule has 2 N–H and O–H groups in total. The van der Waals surface area contributed by atoms with E-state index in [1.807, 2.05) is 57.2 Å². The zero-order valence-corrected chi connectivity index (χ0v) is 25.2. The number of thiophene rings is 1. The minimum atomic E-state index is -0.578. The molecule has 4 aromatic rings. The first-order chi connectivity index (χ1) is 19.7. The molecule has 208 valence electrons. The Morgan fingerprint density at radius 2 is 1.73 bits per heavy atom. The number of hydrogen-bond donors (Lipinski definition) is 2. The molecule has 0 unspecified atom stereocenters. The minimum Gasteiger partial charge on any atom is -0.322 e. The number of nitrogens with zero attached hydrogens (tertiary/aromatic N) is 2. The van der Waals surface area contributed by atoms with E-state index in [0.717, 1.165) is 58.9 Å². The number of hydrogen-bond acceptors (Lipinski definition) is 4. The van der Waals surface area contributed by atoms with E-state index in [1.54, 1.807) is 29.5 Å². The van der Waals surface area contributed by atoms with Gasteiger partial charge in [-0.15, -0.1) is 11.3 Å². The van der Waals surface area contributed by atoms with Crippen LogP contribution in [-0.4, -0.2) is 16.4 Å². The molecule has 0 spiro atoms. The number of halogens is 2. The number of rotatable bonds is 6. The largest absolute Gasteiger partial charge is 0.322 e. The molecule has 41 heavy (non-hydrogen) atoms. The Morgan fingerprint density at radius 3 is 2.44 bits per heavy atom. The summed E-state index contributed by atoms with van der Waals surface area (Å²) in [4.78, 5) is 28.0. The fourth-order valence-electron chi connectivity index (χ4n) is 5.10. The second-order valence-electron chi connectivity index (χ2n) is 10.1. The Morgan fingerprint density at radius 1 is 1.00 bits per heavy atom. The lowest BCUT2D eigenvalue weighted by molar-refractivity contribution is -0.112. The van der Waals surface area contributed by atoms with Crippen molar-refractivity contribution in [2.75, 3.05) is 10.6 Å². The van der Waals surface area contributed by atoms with Crippen LogP contribution in [0.1, 0.15) is 56.2 Å². The SMILES string of the molecule is Cc1ccc(NC(=O)c2c(-n3c(C)cc(/C=C(/C#N)C(=O)Nc4ccc(Cl)cc4Cl)c3C)sc3c2CCCC3)cc1. The number of fused-ring (bicyclic) bond motifs is 1. The van der Waals surface area contributed by atoms with Crippen LogP contribution in [0.4, 0.5) is 11.4 Å². The van der Waals surface area contributed by atoms with Crippen molar-refractivity contribution in [1.82, 2.24) is 4.57 Å². The van der Waals surface area contributed by atoms with Crippen LogP contribution in [-0.2, 0) is 17.6 Å². The number of amides is 2. The van der Waals surface area contributed by atoms with Crippen molar-refractivity contribution in [3.63, 3.8) is 0 Å². The molecule has 6 nitrogen and oxygen atoms in total. The molecule has 1 aliphatic rings. The summed E-state index contributed by atoms with van der Waals surface area (Å²) in [6.45, 7) is 5.91. The van der Waals surface area contributed by atoms with E-state index in [2.05, 4.69) is 15.2 Å². The van der Waals surface area contributed by atoms with Crippen LogP contribution in [0.25, 0.3) is 11.1 Å². The van der Waals surface area contributed by atoms with Crippen molar-refractivity contribution in [1.29, 1.82) is 5.26 Å². The van der Waals surface area contributed by atoms with Crippen LogP contribution < -0.4 is 10.6 Å². The lowest BCUT2D eigenvalue weighted by Gasteiger charge is -2.14. The van der Waals surface area contributed by atoms with E-state index in [4.69, 9.17) is 23.2 Å². The maximum Gasteiger partial charge on any atom is 0.266 e. The standard InChI is InChI=1S/C32H28Cl2N4O2S/c1-18-8-11-24(12-9-18)36-31(40)29-25-6-4-5-7-28(25)41-32(29)38-19(2)14-21(20(38)3)15-22(17-35)30(39)37-27-13-10-23(33)16-26(27)34/h8-16H,4-7H2,1-3H3,(H,36,40)(H,37,39)/b22-15-. The third-order valence-electron chi connectivity index (χ3n) is 7.21. The molecule has 0 saturated carbocycles. The molecule has 5 rings (SSSR count). The Kier molecular flexibility index (Phi) is 8.37. The van der Waals surface area contributed by atoms with Crippen LogP contribution in [0, 0.1) is 32.1 Å². The number of anilines is 2.